The maximum Gasteiger partial charge on any atom is 0.406 e. The number of pyridine rings is 1. The lowest BCUT2D eigenvalue weighted by Gasteiger charge is -2.13. The van der Waals surface area contributed by atoms with Gasteiger partial charge in [-0.1, -0.05) is 0 Å². The van der Waals surface area contributed by atoms with Gasteiger partial charge in [-0.05, 0) is 49.4 Å². The third-order valence-corrected chi connectivity index (χ3v) is 5.41. The topological polar surface area (TPSA) is 90.0 Å². The van der Waals surface area contributed by atoms with Gasteiger partial charge in [0.15, 0.2) is 11.5 Å². The van der Waals surface area contributed by atoms with Crippen molar-refractivity contribution in [2.24, 2.45) is 0 Å². The maximum absolute atomic E-state index is 13.5. The highest BCUT2D eigenvalue weighted by atomic mass is 19.4. The second-order valence-corrected chi connectivity index (χ2v) is 8.03. The van der Waals surface area contributed by atoms with Gasteiger partial charge in [0.1, 0.15) is 23.9 Å². The fraction of sp³-hybridized carbons (Fsp3) is 0.125. The first kappa shape index (κ1) is 24.0. The largest absolute Gasteiger partial charge is 0.406 e. The zero-order valence-electron chi connectivity index (χ0n) is 19.0. The van der Waals surface area contributed by atoms with Crippen LogP contribution in [0.15, 0.2) is 60.9 Å². The molecule has 0 fully saturated rings. The molecule has 5 aromatic rings. The third kappa shape index (κ3) is 5.01. The average molecular weight is 513 g/mol. The first-order valence-electron chi connectivity index (χ1n) is 10.8. The van der Waals surface area contributed by atoms with Crippen LogP contribution in [0.4, 0.5) is 27.8 Å². The molecule has 0 spiro atoms. The molecule has 5 rings (SSSR count). The minimum atomic E-state index is -4.54. The number of rotatable bonds is 5. The summed E-state index contributed by atoms with van der Waals surface area (Å²) >= 11 is 0. The van der Waals surface area contributed by atoms with Gasteiger partial charge >= 0.3 is 6.18 Å². The lowest BCUT2D eigenvalue weighted by Crippen LogP contribution is -2.19. The summed E-state index contributed by atoms with van der Waals surface area (Å²) in [4.78, 5) is 24.4. The van der Waals surface area contributed by atoms with Crippen LogP contribution in [0.2, 0.25) is 0 Å². The van der Waals surface area contributed by atoms with Crippen LogP contribution < -0.4 is 5.32 Å². The number of alkyl halides is 3. The Balaban J connectivity index is 1.56. The van der Waals surface area contributed by atoms with E-state index < -0.39 is 30.4 Å². The summed E-state index contributed by atoms with van der Waals surface area (Å²) in [5.74, 6) is -1.78. The summed E-state index contributed by atoms with van der Waals surface area (Å²) in [6.45, 7) is 0.128. The molecule has 0 bridgehead atoms. The molecule has 0 saturated heterocycles. The van der Waals surface area contributed by atoms with E-state index in [0.29, 0.717) is 11.2 Å². The van der Waals surface area contributed by atoms with E-state index in [-0.39, 0.29) is 34.3 Å². The van der Waals surface area contributed by atoms with Crippen molar-refractivity contribution in [3.8, 4) is 22.6 Å². The van der Waals surface area contributed by atoms with Crippen LogP contribution in [-0.2, 0) is 6.54 Å². The Kier molecular flexibility index (Phi) is 5.90. The number of benzene rings is 1. The number of amides is 1. The van der Waals surface area contributed by atoms with Crippen molar-refractivity contribution in [1.29, 1.82) is 0 Å². The standard InChI is InChI=1S/C24H16F5N7O/c1-13-31-21(14-2-4-16(25)5-3-14)22(35(13)12-24(27,28)29)17-6-7-20-32-19(11-36(20)34-17)33-23(37)15-8-9-30-18(26)10-15/h2-11H,12H2,1H3,(H,33,37). The maximum atomic E-state index is 13.5. The SMILES string of the molecule is Cc1nc(-c2ccc(F)cc2)c(-c2ccc3nc(NC(=O)c4ccnc(F)c4)cn3n2)n1CC(F)(F)F. The third-order valence-electron chi connectivity index (χ3n) is 5.41. The fourth-order valence-corrected chi connectivity index (χ4v) is 3.81. The summed E-state index contributed by atoms with van der Waals surface area (Å²) in [6.07, 6.45) is -2.03. The number of nitrogens with one attached hydrogen (secondary N) is 1. The second-order valence-electron chi connectivity index (χ2n) is 8.03. The predicted molar refractivity (Wildman–Crippen MR) is 123 cm³/mol. The number of carbonyl (C=O) groups excluding carboxylic acids is 1. The highest BCUT2D eigenvalue weighted by molar-refractivity contribution is 6.03. The number of imidazole rings is 2. The van der Waals surface area contributed by atoms with E-state index in [9.17, 15) is 26.7 Å². The highest BCUT2D eigenvalue weighted by Crippen LogP contribution is 2.34. The van der Waals surface area contributed by atoms with Gasteiger partial charge in [-0.25, -0.2) is 23.9 Å². The Morgan fingerprint density at radius 1 is 1.03 bits per heavy atom. The monoisotopic (exact) mass is 513 g/mol. The molecule has 13 heteroatoms. The van der Waals surface area contributed by atoms with Crippen molar-refractivity contribution < 1.29 is 26.7 Å². The second kappa shape index (κ2) is 9.08. The number of carbonyl (C=O) groups is 1. The summed E-state index contributed by atoms with van der Waals surface area (Å²) in [5.41, 5.74) is 1.14. The Bertz CT molecular complexity index is 1620. The zero-order chi connectivity index (χ0) is 26.3. The number of fused-ring (bicyclic) bond motifs is 1. The van der Waals surface area contributed by atoms with Crippen molar-refractivity contribution in [2.75, 3.05) is 5.32 Å². The van der Waals surface area contributed by atoms with E-state index in [4.69, 9.17) is 0 Å². The van der Waals surface area contributed by atoms with E-state index in [1.165, 1.54) is 60.1 Å². The van der Waals surface area contributed by atoms with Gasteiger partial charge in [0, 0.05) is 23.4 Å². The first-order valence-corrected chi connectivity index (χ1v) is 10.8. The number of hydrogen-bond donors (Lipinski definition) is 1. The van der Waals surface area contributed by atoms with E-state index in [1.807, 2.05) is 0 Å². The quantitative estimate of drug-likeness (QED) is 0.262. The van der Waals surface area contributed by atoms with Crippen molar-refractivity contribution in [2.45, 2.75) is 19.6 Å². The number of nitrogens with zero attached hydrogens (tertiary/aromatic N) is 6. The molecule has 0 atom stereocenters. The molecule has 37 heavy (non-hydrogen) atoms. The van der Waals surface area contributed by atoms with Crippen LogP contribution in [-0.4, -0.2) is 41.2 Å². The Morgan fingerprint density at radius 2 is 1.78 bits per heavy atom. The molecule has 4 aromatic heterocycles. The molecule has 1 amide bonds. The Hall–Kier alpha value is -4.68. The minimum Gasteiger partial charge on any atom is -0.317 e. The molecule has 0 aliphatic carbocycles. The summed E-state index contributed by atoms with van der Waals surface area (Å²) < 4.78 is 69.4. The van der Waals surface area contributed by atoms with E-state index in [2.05, 4.69) is 25.4 Å². The smallest absolute Gasteiger partial charge is 0.317 e. The predicted octanol–water partition coefficient (Wildman–Crippen LogP) is 5.06. The van der Waals surface area contributed by atoms with Gasteiger partial charge in [0.2, 0.25) is 5.95 Å². The molecule has 188 valence electrons. The average Bonchev–Trinajstić information content (AvgIpc) is 3.38. The number of aromatic nitrogens is 6. The van der Waals surface area contributed by atoms with Crippen molar-refractivity contribution in [3.63, 3.8) is 0 Å². The van der Waals surface area contributed by atoms with Crippen LogP contribution >= 0.6 is 0 Å². The van der Waals surface area contributed by atoms with Crippen LogP contribution in [0.25, 0.3) is 28.3 Å². The lowest BCUT2D eigenvalue weighted by atomic mass is 10.1. The van der Waals surface area contributed by atoms with E-state index >= 15 is 0 Å². The molecule has 4 heterocycles. The van der Waals surface area contributed by atoms with Gasteiger partial charge in [-0.3, -0.25) is 4.79 Å². The molecule has 0 unspecified atom stereocenters. The van der Waals surface area contributed by atoms with Gasteiger partial charge < -0.3 is 9.88 Å². The lowest BCUT2D eigenvalue weighted by molar-refractivity contribution is -0.140. The van der Waals surface area contributed by atoms with Crippen molar-refractivity contribution in [1.82, 2.24) is 29.1 Å². The number of aryl methyl sites for hydroxylation is 1. The highest BCUT2D eigenvalue weighted by Gasteiger charge is 2.32. The minimum absolute atomic E-state index is 0.0219. The molecule has 0 aliphatic rings. The van der Waals surface area contributed by atoms with Crippen LogP contribution in [0.5, 0.6) is 0 Å². The van der Waals surface area contributed by atoms with Crippen LogP contribution in [0, 0.1) is 18.7 Å². The number of hydrogen-bond acceptors (Lipinski definition) is 5. The van der Waals surface area contributed by atoms with Crippen molar-refractivity contribution in [3.05, 3.63) is 84.1 Å². The molecule has 0 saturated carbocycles. The van der Waals surface area contributed by atoms with Gasteiger partial charge in [0.25, 0.3) is 5.91 Å². The van der Waals surface area contributed by atoms with E-state index in [0.717, 1.165) is 16.8 Å². The summed E-state index contributed by atoms with van der Waals surface area (Å²) in [6, 6.07) is 10.5. The molecule has 0 radical (unpaired) electrons. The normalized spacial score (nSPS) is 11.7. The van der Waals surface area contributed by atoms with Crippen LogP contribution in [0.1, 0.15) is 16.2 Å². The molecule has 0 aliphatic heterocycles. The Labute approximate surface area is 205 Å². The summed E-state index contributed by atoms with van der Waals surface area (Å²) in [5, 5.41) is 6.91. The number of halogens is 5. The van der Waals surface area contributed by atoms with Gasteiger partial charge in [-0.15, -0.1) is 0 Å². The zero-order valence-corrected chi connectivity index (χ0v) is 19.0. The van der Waals surface area contributed by atoms with Gasteiger partial charge in [-0.2, -0.15) is 22.7 Å². The first-order chi connectivity index (χ1) is 17.6. The molecular formula is C24H16F5N7O. The Morgan fingerprint density at radius 3 is 2.49 bits per heavy atom. The molecule has 8 nitrogen and oxygen atoms in total. The van der Waals surface area contributed by atoms with Crippen molar-refractivity contribution >= 4 is 17.4 Å². The van der Waals surface area contributed by atoms with Gasteiger partial charge in [0.05, 0.1) is 17.6 Å². The molecular weight excluding hydrogens is 497 g/mol. The van der Waals surface area contributed by atoms with E-state index in [1.54, 1.807) is 0 Å². The molecule has 1 aromatic carbocycles. The van der Waals surface area contributed by atoms with Crippen LogP contribution in [0.3, 0.4) is 0 Å². The molecule has 1 N–H and O–H groups in total. The summed E-state index contributed by atoms with van der Waals surface area (Å²) in [7, 11) is 0. The number of anilines is 1. The fourth-order valence-electron chi connectivity index (χ4n) is 3.81.